The number of anilines is 1. The predicted molar refractivity (Wildman–Crippen MR) is 80.8 cm³/mol. The van der Waals surface area contributed by atoms with E-state index in [2.05, 4.69) is 35.5 Å². The number of unbranched alkanes of at least 4 members (excludes halogenated alkanes) is 1. The molecule has 1 aromatic carbocycles. The van der Waals surface area contributed by atoms with E-state index < -0.39 is 0 Å². The molecule has 0 unspecified atom stereocenters. The summed E-state index contributed by atoms with van der Waals surface area (Å²) in [6, 6.07) is 6.90. The van der Waals surface area contributed by atoms with E-state index in [9.17, 15) is 0 Å². The molecular weight excluding hydrogens is 236 g/mol. The van der Waals surface area contributed by atoms with Gasteiger partial charge in [-0.3, -0.25) is 0 Å². The maximum absolute atomic E-state index is 5.05. The SMILES string of the molecule is COCCCCNCc1ccc2c(c1)CCCN2C. The van der Waals surface area contributed by atoms with Crippen LogP contribution in [0.15, 0.2) is 18.2 Å². The Hall–Kier alpha value is -1.06. The number of hydrogen-bond acceptors (Lipinski definition) is 3. The van der Waals surface area contributed by atoms with Gasteiger partial charge in [-0.05, 0) is 49.4 Å². The Bertz CT molecular complexity index is 392. The minimum Gasteiger partial charge on any atom is -0.385 e. The van der Waals surface area contributed by atoms with Crippen LogP contribution in [0.5, 0.6) is 0 Å². The Kier molecular flexibility index (Phi) is 5.67. The first kappa shape index (κ1) is 14.4. The Labute approximate surface area is 116 Å². The topological polar surface area (TPSA) is 24.5 Å². The second-order valence-electron chi connectivity index (χ2n) is 5.36. The molecule has 0 spiro atoms. The quantitative estimate of drug-likeness (QED) is 0.764. The van der Waals surface area contributed by atoms with Crippen LogP contribution in [0.1, 0.15) is 30.4 Å². The monoisotopic (exact) mass is 262 g/mol. The summed E-state index contributed by atoms with van der Waals surface area (Å²) in [5.41, 5.74) is 4.32. The molecule has 1 aliphatic rings. The Morgan fingerprint density at radius 1 is 1.32 bits per heavy atom. The first-order chi connectivity index (χ1) is 9.31. The molecule has 0 saturated heterocycles. The fraction of sp³-hybridized carbons (Fsp3) is 0.625. The van der Waals surface area contributed by atoms with Gasteiger partial charge in [0.1, 0.15) is 0 Å². The lowest BCUT2D eigenvalue weighted by Crippen LogP contribution is -2.25. The van der Waals surface area contributed by atoms with Gasteiger partial charge >= 0.3 is 0 Å². The fourth-order valence-corrected chi connectivity index (χ4v) is 2.68. The number of fused-ring (bicyclic) bond motifs is 1. The third kappa shape index (κ3) is 4.22. The average molecular weight is 262 g/mol. The van der Waals surface area contributed by atoms with E-state index in [1.807, 2.05) is 0 Å². The fourth-order valence-electron chi connectivity index (χ4n) is 2.68. The normalized spacial score (nSPS) is 14.5. The van der Waals surface area contributed by atoms with Crippen molar-refractivity contribution in [1.82, 2.24) is 5.32 Å². The van der Waals surface area contributed by atoms with Crippen LogP contribution in [0, 0.1) is 0 Å². The molecule has 1 aliphatic heterocycles. The molecule has 0 atom stereocenters. The molecule has 0 fully saturated rings. The number of benzene rings is 1. The van der Waals surface area contributed by atoms with Crippen molar-refractivity contribution in [2.45, 2.75) is 32.2 Å². The summed E-state index contributed by atoms with van der Waals surface area (Å²) < 4.78 is 5.05. The van der Waals surface area contributed by atoms with E-state index in [0.717, 1.165) is 26.1 Å². The van der Waals surface area contributed by atoms with Crippen LogP contribution in [0.4, 0.5) is 5.69 Å². The standard InChI is InChI=1S/C16H26N2O/c1-18-10-5-6-15-12-14(7-8-16(15)18)13-17-9-3-4-11-19-2/h7-8,12,17H,3-6,9-11,13H2,1-2H3. The van der Waals surface area contributed by atoms with Gasteiger partial charge in [-0.1, -0.05) is 12.1 Å². The Balaban J connectivity index is 1.78. The van der Waals surface area contributed by atoms with Crippen LogP contribution in [0.25, 0.3) is 0 Å². The summed E-state index contributed by atoms with van der Waals surface area (Å²) in [6.45, 7) is 4.10. The summed E-state index contributed by atoms with van der Waals surface area (Å²) in [6.07, 6.45) is 4.82. The van der Waals surface area contributed by atoms with Gasteiger partial charge in [-0.2, -0.15) is 0 Å². The molecule has 0 radical (unpaired) electrons. The van der Waals surface area contributed by atoms with Gasteiger partial charge in [0.15, 0.2) is 0 Å². The van der Waals surface area contributed by atoms with E-state index in [0.29, 0.717) is 0 Å². The summed E-state index contributed by atoms with van der Waals surface area (Å²) in [7, 11) is 3.95. The lowest BCUT2D eigenvalue weighted by Gasteiger charge is -2.27. The average Bonchev–Trinajstić information content (AvgIpc) is 2.43. The molecule has 3 heteroatoms. The van der Waals surface area contributed by atoms with Crippen molar-refractivity contribution in [2.75, 3.05) is 38.8 Å². The van der Waals surface area contributed by atoms with Crippen molar-refractivity contribution < 1.29 is 4.74 Å². The lowest BCUT2D eigenvalue weighted by molar-refractivity contribution is 0.192. The number of nitrogens with zero attached hydrogens (tertiary/aromatic N) is 1. The van der Waals surface area contributed by atoms with Crippen molar-refractivity contribution in [3.63, 3.8) is 0 Å². The van der Waals surface area contributed by atoms with E-state index in [1.54, 1.807) is 7.11 Å². The second kappa shape index (κ2) is 7.51. The molecule has 3 nitrogen and oxygen atoms in total. The molecule has 0 bridgehead atoms. The number of ether oxygens (including phenoxy) is 1. The molecule has 1 aromatic rings. The molecule has 19 heavy (non-hydrogen) atoms. The van der Waals surface area contributed by atoms with Crippen molar-refractivity contribution >= 4 is 5.69 Å². The first-order valence-electron chi connectivity index (χ1n) is 7.34. The second-order valence-corrected chi connectivity index (χ2v) is 5.36. The van der Waals surface area contributed by atoms with Crippen molar-refractivity contribution in [2.24, 2.45) is 0 Å². The summed E-state index contributed by atoms with van der Waals surface area (Å²) in [5, 5.41) is 3.51. The van der Waals surface area contributed by atoms with Crippen LogP contribution in [0.2, 0.25) is 0 Å². The highest BCUT2D eigenvalue weighted by Crippen LogP contribution is 2.26. The highest BCUT2D eigenvalue weighted by molar-refractivity contribution is 5.56. The molecule has 1 N–H and O–H groups in total. The van der Waals surface area contributed by atoms with Gasteiger partial charge in [-0.15, -0.1) is 0 Å². The maximum atomic E-state index is 5.05. The zero-order chi connectivity index (χ0) is 13.5. The van der Waals surface area contributed by atoms with Crippen LogP contribution >= 0.6 is 0 Å². The first-order valence-corrected chi connectivity index (χ1v) is 7.34. The summed E-state index contributed by atoms with van der Waals surface area (Å²) in [5.74, 6) is 0. The van der Waals surface area contributed by atoms with Gasteiger partial charge in [0.2, 0.25) is 0 Å². The molecular formula is C16H26N2O. The third-order valence-corrected chi connectivity index (χ3v) is 3.78. The van der Waals surface area contributed by atoms with Crippen molar-refractivity contribution in [1.29, 1.82) is 0 Å². The van der Waals surface area contributed by atoms with E-state index in [1.165, 1.54) is 42.6 Å². The highest BCUT2D eigenvalue weighted by atomic mass is 16.5. The minimum absolute atomic E-state index is 0.868. The molecule has 106 valence electrons. The van der Waals surface area contributed by atoms with Gasteiger partial charge in [-0.25, -0.2) is 0 Å². The molecule has 1 heterocycles. The van der Waals surface area contributed by atoms with E-state index >= 15 is 0 Å². The summed E-state index contributed by atoms with van der Waals surface area (Å²) in [4.78, 5) is 2.36. The van der Waals surface area contributed by atoms with Crippen molar-refractivity contribution in [3.8, 4) is 0 Å². The van der Waals surface area contributed by atoms with Crippen LogP contribution in [-0.4, -0.2) is 33.9 Å². The van der Waals surface area contributed by atoms with E-state index in [4.69, 9.17) is 4.74 Å². The molecule has 0 aromatic heterocycles. The third-order valence-electron chi connectivity index (χ3n) is 3.78. The zero-order valence-corrected chi connectivity index (χ0v) is 12.2. The van der Waals surface area contributed by atoms with Crippen molar-refractivity contribution in [3.05, 3.63) is 29.3 Å². The smallest absolute Gasteiger partial charge is 0.0462 e. The van der Waals surface area contributed by atoms with Gasteiger partial charge < -0.3 is 15.0 Å². The highest BCUT2D eigenvalue weighted by Gasteiger charge is 2.13. The summed E-state index contributed by atoms with van der Waals surface area (Å²) >= 11 is 0. The van der Waals surface area contributed by atoms with Crippen LogP contribution in [-0.2, 0) is 17.7 Å². The zero-order valence-electron chi connectivity index (χ0n) is 12.2. The molecule has 0 amide bonds. The number of aryl methyl sites for hydroxylation is 1. The lowest BCUT2D eigenvalue weighted by atomic mass is 9.99. The molecule has 0 aliphatic carbocycles. The largest absolute Gasteiger partial charge is 0.385 e. The van der Waals surface area contributed by atoms with Gasteiger partial charge in [0.25, 0.3) is 0 Å². The number of rotatable bonds is 7. The maximum Gasteiger partial charge on any atom is 0.0462 e. The molecule has 0 saturated carbocycles. The van der Waals surface area contributed by atoms with Gasteiger partial charge in [0.05, 0.1) is 0 Å². The van der Waals surface area contributed by atoms with Gasteiger partial charge in [0, 0.05) is 39.5 Å². The van der Waals surface area contributed by atoms with E-state index in [-0.39, 0.29) is 0 Å². The number of methoxy groups -OCH3 is 1. The van der Waals surface area contributed by atoms with Crippen LogP contribution in [0.3, 0.4) is 0 Å². The molecule has 2 rings (SSSR count). The number of nitrogens with one attached hydrogen (secondary N) is 1. The minimum atomic E-state index is 0.868. The Morgan fingerprint density at radius 3 is 3.05 bits per heavy atom. The van der Waals surface area contributed by atoms with Crippen LogP contribution < -0.4 is 10.2 Å². The predicted octanol–water partition coefficient (Wildman–Crippen LogP) is 2.59. The number of hydrogen-bond donors (Lipinski definition) is 1. The Morgan fingerprint density at radius 2 is 2.21 bits per heavy atom.